The average Bonchev–Trinajstić information content (AvgIpc) is 3.00. The second kappa shape index (κ2) is 19.5. The van der Waals surface area contributed by atoms with E-state index < -0.39 is 5.97 Å². The normalized spacial score (nSPS) is 11.4. The number of rotatable bonds is 19. The van der Waals surface area contributed by atoms with Gasteiger partial charge in [-0.05, 0) is 85.0 Å². The highest BCUT2D eigenvalue weighted by Gasteiger charge is 2.02. The van der Waals surface area contributed by atoms with E-state index in [0.29, 0.717) is 5.75 Å². The minimum atomic E-state index is -0.423. The molecule has 0 aliphatic rings. The number of esters is 1. The molecule has 0 N–H and O–H groups in total. The summed E-state index contributed by atoms with van der Waals surface area (Å²) >= 11 is 0. The van der Waals surface area contributed by atoms with E-state index in [2.05, 4.69) is 44.0 Å². The molecule has 3 aromatic rings. The summed E-state index contributed by atoms with van der Waals surface area (Å²) in [5.41, 5.74) is 5.27. The van der Waals surface area contributed by atoms with E-state index in [1.54, 1.807) is 18.2 Å². The van der Waals surface area contributed by atoms with E-state index in [1.807, 2.05) is 42.6 Å². The van der Waals surface area contributed by atoms with Crippen molar-refractivity contribution in [2.24, 2.45) is 4.99 Å². The topological polar surface area (TPSA) is 47.9 Å². The predicted octanol–water partition coefficient (Wildman–Crippen LogP) is 10.8. The van der Waals surface area contributed by atoms with Crippen molar-refractivity contribution in [3.8, 4) is 11.5 Å². The molecule has 0 atom stereocenters. The third-order valence-corrected chi connectivity index (χ3v) is 7.51. The molecular formula is C38H49NO3. The van der Waals surface area contributed by atoms with E-state index in [-0.39, 0.29) is 0 Å². The molecule has 4 nitrogen and oxygen atoms in total. The van der Waals surface area contributed by atoms with Crippen molar-refractivity contribution < 1.29 is 14.3 Å². The fourth-order valence-corrected chi connectivity index (χ4v) is 4.72. The van der Waals surface area contributed by atoms with Gasteiger partial charge in [0.15, 0.2) is 0 Å². The first kappa shape index (κ1) is 32.8. The van der Waals surface area contributed by atoms with Crippen LogP contribution in [0.1, 0.15) is 106 Å². The summed E-state index contributed by atoms with van der Waals surface area (Å²) < 4.78 is 11.3. The van der Waals surface area contributed by atoms with Crippen LogP contribution in [0.3, 0.4) is 0 Å². The minimum absolute atomic E-state index is 0.423. The molecule has 0 aromatic heterocycles. The van der Waals surface area contributed by atoms with Gasteiger partial charge in [-0.2, -0.15) is 0 Å². The van der Waals surface area contributed by atoms with Crippen LogP contribution in [0.25, 0.3) is 6.08 Å². The molecule has 4 heteroatoms. The Morgan fingerprint density at radius 1 is 0.667 bits per heavy atom. The predicted molar refractivity (Wildman–Crippen MR) is 177 cm³/mol. The van der Waals surface area contributed by atoms with E-state index in [9.17, 15) is 4.79 Å². The molecule has 0 amide bonds. The molecule has 0 spiro atoms. The number of aryl methyl sites for hydroxylation is 2. The van der Waals surface area contributed by atoms with Crippen LogP contribution in [0.4, 0.5) is 5.69 Å². The summed E-state index contributed by atoms with van der Waals surface area (Å²) in [7, 11) is 0. The molecule has 3 rings (SSSR count). The lowest BCUT2D eigenvalue weighted by molar-refractivity contribution is -0.128. The molecule has 0 unspecified atom stereocenters. The van der Waals surface area contributed by atoms with Crippen LogP contribution in [0.2, 0.25) is 0 Å². The summed E-state index contributed by atoms with van der Waals surface area (Å²) in [4.78, 5) is 16.8. The van der Waals surface area contributed by atoms with Gasteiger partial charge in [0.2, 0.25) is 0 Å². The number of nitrogens with zero attached hydrogens (tertiary/aromatic N) is 1. The van der Waals surface area contributed by atoms with Crippen molar-refractivity contribution in [2.75, 3.05) is 6.61 Å². The smallest absolute Gasteiger partial charge is 0.336 e. The van der Waals surface area contributed by atoms with Crippen LogP contribution in [-0.4, -0.2) is 18.8 Å². The van der Waals surface area contributed by atoms with E-state index in [1.165, 1.54) is 87.8 Å². The van der Waals surface area contributed by atoms with Crippen LogP contribution in [0.15, 0.2) is 77.8 Å². The van der Waals surface area contributed by atoms with Gasteiger partial charge in [0.05, 0.1) is 12.3 Å². The zero-order valence-corrected chi connectivity index (χ0v) is 25.9. The van der Waals surface area contributed by atoms with Gasteiger partial charge < -0.3 is 9.47 Å². The molecule has 0 aliphatic heterocycles. The van der Waals surface area contributed by atoms with Crippen LogP contribution < -0.4 is 9.47 Å². The van der Waals surface area contributed by atoms with Crippen molar-refractivity contribution >= 4 is 23.9 Å². The molecule has 224 valence electrons. The molecule has 42 heavy (non-hydrogen) atoms. The molecular weight excluding hydrogens is 518 g/mol. The van der Waals surface area contributed by atoms with Gasteiger partial charge in [-0.15, -0.1) is 0 Å². The number of benzene rings is 3. The monoisotopic (exact) mass is 567 g/mol. The number of unbranched alkanes of at least 4 members (excludes halogenated alkanes) is 11. The van der Waals surface area contributed by atoms with E-state index in [0.717, 1.165) is 35.6 Å². The molecule has 0 fully saturated rings. The highest BCUT2D eigenvalue weighted by Crippen LogP contribution is 2.20. The lowest BCUT2D eigenvalue weighted by Crippen LogP contribution is -2.03. The quantitative estimate of drug-likeness (QED) is 0.0476. The Morgan fingerprint density at radius 2 is 1.24 bits per heavy atom. The van der Waals surface area contributed by atoms with Gasteiger partial charge >= 0.3 is 5.97 Å². The zero-order chi connectivity index (χ0) is 29.8. The molecule has 3 aromatic carbocycles. The maximum atomic E-state index is 12.3. The van der Waals surface area contributed by atoms with Gasteiger partial charge in [0.25, 0.3) is 0 Å². The second-order valence-corrected chi connectivity index (χ2v) is 11.2. The van der Waals surface area contributed by atoms with Crippen molar-refractivity contribution in [3.63, 3.8) is 0 Å². The number of carbonyl (C=O) groups excluding carboxylic acids is 1. The van der Waals surface area contributed by atoms with Crippen molar-refractivity contribution in [1.29, 1.82) is 0 Å². The molecule has 0 radical (unpaired) electrons. The number of hydrogen-bond donors (Lipinski definition) is 0. The lowest BCUT2D eigenvalue weighted by atomic mass is 10.1. The third kappa shape index (κ3) is 13.3. The van der Waals surface area contributed by atoms with Gasteiger partial charge in [0.1, 0.15) is 11.5 Å². The second-order valence-electron chi connectivity index (χ2n) is 11.2. The molecule has 0 saturated heterocycles. The average molecular weight is 568 g/mol. The fourth-order valence-electron chi connectivity index (χ4n) is 4.72. The largest absolute Gasteiger partial charge is 0.494 e. The number of carbonyl (C=O) groups is 1. The van der Waals surface area contributed by atoms with Crippen molar-refractivity contribution in [3.05, 3.63) is 95.1 Å². The van der Waals surface area contributed by atoms with Crippen LogP contribution in [0, 0.1) is 13.8 Å². The highest BCUT2D eigenvalue weighted by molar-refractivity contribution is 5.88. The first-order valence-corrected chi connectivity index (χ1v) is 15.9. The van der Waals surface area contributed by atoms with Gasteiger partial charge in [-0.25, -0.2) is 4.79 Å². The number of hydrogen-bond acceptors (Lipinski definition) is 4. The zero-order valence-electron chi connectivity index (χ0n) is 25.9. The number of ether oxygens (including phenoxy) is 2. The molecule has 0 heterocycles. The van der Waals surface area contributed by atoms with Crippen LogP contribution in [0.5, 0.6) is 11.5 Å². The summed E-state index contributed by atoms with van der Waals surface area (Å²) in [6.45, 7) is 7.21. The SMILES string of the molecule is CCCCCCCCCCCCCCOc1ccc(/C=C/C(=O)Oc2ccc(N=Cc3ccc(C)c(C)c3)cc2)cc1. The van der Waals surface area contributed by atoms with Gasteiger partial charge in [-0.3, -0.25) is 4.99 Å². The van der Waals surface area contributed by atoms with E-state index in [4.69, 9.17) is 9.47 Å². The molecule has 0 aliphatic carbocycles. The Bertz CT molecular complexity index is 1240. The van der Waals surface area contributed by atoms with Gasteiger partial charge in [-0.1, -0.05) is 108 Å². The van der Waals surface area contributed by atoms with E-state index >= 15 is 0 Å². The maximum Gasteiger partial charge on any atom is 0.336 e. The summed E-state index contributed by atoms with van der Waals surface area (Å²) in [5.74, 6) is 0.920. The summed E-state index contributed by atoms with van der Waals surface area (Å²) in [6.07, 6.45) is 21.1. The summed E-state index contributed by atoms with van der Waals surface area (Å²) in [5, 5.41) is 0. The fraction of sp³-hybridized carbons (Fsp3) is 0.421. The molecule has 0 bridgehead atoms. The standard InChI is InChI=1S/C38H49NO3/c1-4-5-6-7-8-9-10-11-12-13-14-15-28-41-36-23-18-33(19-24-36)20-27-38(40)42-37-25-21-35(22-26-37)39-30-34-17-16-31(2)32(3)29-34/h16-27,29-30H,4-15,28H2,1-3H3/b27-20+,39-30?. The minimum Gasteiger partial charge on any atom is -0.494 e. The van der Waals surface area contributed by atoms with Crippen LogP contribution in [-0.2, 0) is 4.79 Å². The highest BCUT2D eigenvalue weighted by atomic mass is 16.5. The van der Waals surface area contributed by atoms with Gasteiger partial charge in [0, 0.05) is 12.3 Å². The lowest BCUT2D eigenvalue weighted by Gasteiger charge is -2.07. The Hall–Kier alpha value is -3.66. The Morgan fingerprint density at radius 3 is 1.86 bits per heavy atom. The Kier molecular flexibility index (Phi) is 15.2. The number of aliphatic imine (C=N–C) groups is 1. The maximum absolute atomic E-state index is 12.3. The van der Waals surface area contributed by atoms with Crippen molar-refractivity contribution in [1.82, 2.24) is 0 Å². The first-order valence-electron chi connectivity index (χ1n) is 15.9. The Labute approximate surface area is 253 Å². The third-order valence-electron chi connectivity index (χ3n) is 7.51. The molecule has 0 saturated carbocycles. The first-order chi connectivity index (χ1) is 20.5. The van der Waals surface area contributed by atoms with Crippen LogP contribution >= 0.6 is 0 Å². The Balaban J connectivity index is 1.28. The van der Waals surface area contributed by atoms with Crippen molar-refractivity contribution in [2.45, 2.75) is 97.8 Å². The summed E-state index contributed by atoms with van der Waals surface area (Å²) in [6, 6.07) is 21.2.